The molecule has 0 heterocycles. The molecule has 0 amide bonds. The molecule has 3 unspecified atom stereocenters. The zero-order valence-electron chi connectivity index (χ0n) is 38.1. The number of hydrogen-bond donors (Lipinski definition) is 0. The SMILES string of the molecule is C=CC(=O)OC(CC)Oc1c(OC(CC)OC(=O)C=C)c(OCCCCC)c2c3c(OCCCCC)c(OCCCCC)ccc3c3ccccc3c2c1OC(CC)OC(=O)C=C. The zero-order chi connectivity index (χ0) is 45.7. The summed E-state index contributed by atoms with van der Waals surface area (Å²) in [5.41, 5.74) is 0. The van der Waals surface area contributed by atoms with Crippen LogP contribution >= 0.6 is 0 Å². The fourth-order valence-electron chi connectivity index (χ4n) is 6.94. The lowest BCUT2D eigenvalue weighted by Gasteiger charge is -2.29. The first-order chi connectivity index (χ1) is 30.6. The molecule has 342 valence electrons. The number of benzene rings is 4. The highest BCUT2D eigenvalue weighted by atomic mass is 16.7. The van der Waals surface area contributed by atoms with E-state index >= 15 is 0 Å². The maximum absolute atomic E-state index is 12.8. The minimum atomic E-state index is -1.20. The van der Waals surface area contributed by atoms with Crippen molar-refractivity contribution in [1.82, 2.24) is 0 Å². The molecule has 0 radical (unpaired) electrons. The maximum atomic E-state index is 12.8. The quantitative estimate of drug-likeness (QED) is 0.0123. The third-order valence-corrected chi connectivity index (χ3v) is 10.2. The van der Waals surface area contributed by atoms with E-state index in [9.17, 15) is 14.4 Å². The molecule has 0 spiro atoms. The highest BCUT2D eigenvalue weighted by molar-refractivity contribution is 6.31. The Bertz CT molecular complexity index is 2180. The number of ether oxygens (including phenoxy) is 9. The van der Waals surface area contributed by atoms with E-state index in [1.807, 2.05) is 36.4 Å². The van der Waals surface area contributed by atoms with Crippen LogP contribution in [-0.2, 0) is 28.6 Å². The van der Waals surface area contributed by atoms with Crippen molar-refractivity contribution in [1.29, 1.82) is 0 Å². The van der Waals surface area contributed by atoms with Crippen molar-refractivity contribution in [2.24, 2.45) is 0 Å². The summed E-state index contributed by atoms with van der Waals surface area (Å²) in [7, 11) is 0. The Balaban J connectivity index is 2.37. The van der Waals surface area contributed by atoms with Gasteiger partial charge in [-0.2, -0.15) is 0 Å². The molecule has 0 saturated heterocycles. The average Bonchev–Trinajstić information content (AvgIpc) is 3.30. The van der Waals surface area contributed by atoms with Gasteiger partial charge in [-0.15, -0.1) is 0 Å². The molecule has 63 heavy (non-hydrogen) atoms. The van der Waals surface area contributed by atoms with Gasteiger partial charge in [-0.3, -0.25) is 0 Å². The number of unbranched alkanes of at least 4 members (excludes halogenated alkanes) is 6. The third-order valence-electron chi connectivity index (χ3n) is 10.2. The standard InChI is InChI=1S/C51H66O12/c1-10-19-24-31-55-37-30-29-36-34-27-22-23-28-35(34)45-46(44(36)47(37)56-32-25-20-11-2)48(57-33-26-21-12-3)50(62-42(17-8)59-39(53)14-5)51(63-43(18-9)60-40(54)15-6)49(45)61-41(16-7)58-38(52)13-4/h13-15,22-23,27-30,41-43H,4-6,10-12,16-21,24-26,31-33H2,1-3,7-9H3. The second-order valence-corrected chi connectivity index (χ2v) is 14.9. The van der Waals surface area contributed by atoms with Crippen LogP contribution in [0.4, 0.5) is 0 Å². The van der Waals surface area contributed by atoms with Crippen LogP contribution in [0.1, 0.15) is 119 Å². The Labute approximate surface area is 372 Å². The molecule has 0 saturated carbocycles. The van der Waals surface area contributed by atoms with Crippen molar-refractivity contribution in [3.63, 3.8) is 0 Å². The Morgan fingerprint density at radius 1 is 0.460 bits per heavy atom. The molecule has 0 aromatic heterocycles. The summed E-state index contributed by atoms with van der Waals surface area (Å²) in [6.07, 6.45) is 8.29. The third kappa shape index (κ3) is 13.1. The van der Waals surface area contributed by atoms with Crippen molar-refractivity contribution in [2.45, 2.75) is 137 Å². The number of esters is 3. The summed E-state index contributed by atoms with van der Waals surface area (Å²) in [6, 6.07) is 11.8. The van der Waals surface area contributed by atoms with Crippen LogP contribution in [0.25, 0.3) is 32.3 Å². The monoisotopic (exact) mass is 870 g/mol. The maximum Gasteiger partial charge on any atom is 0.333 e. The van der Waals surface area contributed by atoms with Gasteiger partial charge < -0.3 is 42.6 Å². The van der Waals surface area contributed by atoms with Crippen molar-refractivity contribution in [3.05, 3.63) is 74.4 Å². The fraction of sp³-hybridized carbons (Fsp3) is 0.471. The smallest absolute Gasteiger partial charge is 0.333 e. The van der Waals surface area contributed by atoms with Crippen molar-refractivity contribution >= 4 is 50.2 Å². The van der Waals surface area contributed by atoms with Crippen LogP contribution in [0.15, 0.2) is 74.4 Å². The summed E-state index contributed by atoms with van der Waals surface area (Å²) >= 11 is 0. The summed E-state index contributed by atoms with van der Waals surface area (Å²) in [5, 5.41) is 4.07. The largest absolute Gasteiger partial charge is 0.490 e. The molecule has 4 aromatic carbocycles. The van der Waals surface area contributed by atoms with Crippen LogP contribution < -0.4 is 28.4 Å². The van der Waals surface area contributed by atoms with Gasteiger partial charge in [0.05, 0.1) is 19.8 Å². The average molecular weight is 871 g/mol. The molecule has 4 aromatic rings. The second kappa shape index (κ2) is 25.9. The lowest BCUT2D eigenvalue weighted by molar-refractivity contribution is -0.163. The number of carbonyl (C=O) groups excluding carboxylic acids is 3. The molecule has 4 rings (SSSR count). The van der Waals surface area contributed by atoms with E-state index < -0.39 is 36.8 Å². The van der Waals surface area contributed by atoms with Gasteiger partial charge in [-0.1, -0.05) is 124 Å². The summed E-state index contributed by atoms with van der Waals surface area (Å²) in [4.78, 5) is 38.3. The van der Waals surface area contributed by atoms with Gasteiger partial charge in [-0.25, -0.2) is 14.4 Å². The van der Waals surface area contributed by atoms with E-state index in [1.165, 1.54) is 0 Å². The molecular formula is C51H66O12. The van der Waals surface area contributed by atoms with Crippen LogP contribution in [-0.4, -0.2) is 56.6 Å². The Morgan fingerprint density at radius 3 is 1.32 bits per heavy atom. The first-order valence-electron chi connectivity index (χ1n) is 22.5. The van der Waals surface area contributed by atoms with E-state index in [1.54, 1.807) is 20.8 Å². The van der Waals surface area contributed by atoms with Gasteiger partial charge in [0.25, 0.3) is 0 Å². The minimum Gasteiger partial charge on any atom is -0.490 e. The number of rotatable bonds is 30. The van der Waals surface area contributed by atoms with Gasteiger partial charge in [0, 0.05) is 53.6 Å². The Kier molecular flexibility index (Phi) is 20.4. The Morgan fingerprint density at radius 2 is 0.857 bits per heavy atom. The first kappa shape index (κ1) is 49.7. The second-order valence-electron chi connectivity index (χ2n) is 14.9. The molecule has 0 fully saturated rings. The van der Waals surface area contributed by atoms with E-state index in [-0.39, 0.29) is 48.9 Å². The van der Waals surface area contributed by atoms with Crippen LogP contribution in [0.5, 0.6) is 34.5 Å². The van der Waals surface area contributed by atoms with Gasteiger partial charge in [-0.05, 0) is 47.6 Å². The predicted molar refractivity (Wildman–Crippen MR) is 247 cm³/mol. The number of hydrogen-bond acceptors (Lipinski definition) is 12. The highest BCUT2D eigenvalue weighted by Gasteiger charge is 2.35. The molecule has 0 aliphatic carbocycles. The molecule has 12 heteroatoms. The number of fused-ring (bicyclic) bond motifs is 6. The number of carbonyl (C=O) groups is 3. The molecular weight excluding hydrogens is 805 g/mol. The highest BCUT2D eigenvalue weighted by Crippen LogP contribution is 2.58. The van der Waals surface area contributed by atoms with Crippen LogP contribution in [0, 0.1) is 0 Å². The molecule has 0 bridgehead atoms. The normalized spacial score (nSPS) is 12.5. The van der Waals surface area contributed by atoms with Gasteiger partial charge in [0.2, 0.25) is 30.4 Å². The van der Waals surface area contributed by atoms with E-state index in [4.69, 9.17) is 42.6 Å². The molecule has 0 N–H and O–H groups in total. The van der Waals surface area contributed by atoms with Gasteiger partial charge >= 0.3 is 17.9 Å². The van der Waals surface area contributed by atoms with Gasteiger partial charge in [0.1, 0.15) is 0 Å². The topological polar surface area (TPSA) is 134 Å². The summed E-state index contributed by atoms with van der Waals surface area (Å²) in [5.74, 6) is -0.869. The van der Waals surface area contributed by atoms with E-state index in [2.05, 4.69) is 40.5 Å². The fourth-order valence-corrected chi connectivity index (χ4v) is 6.94. The first-order valence-corrected chi connectivity index (χ1v) is 22.5. The van der Waals surface area contributed by atoms with Gasteiger partial charge in [0.15, 0.2) is 23.0 Å². The van der Waals surface area contributed by atoms with E-state index in [0.29, 0.717) is 47.3 Å². The van der Waals surface area contributed by atoms with Crippen LogP contribution in [0.2, 0.25) is 0 Å². The van der Waals surface area contributed by atoms with Crippen LogP contribution in [0.3, 0.4) is 0 Å². The van der Waals surface area contributed by atoms with Crippen molar-refractivity contribution in [2.75, 3.05) is 19.8 Å². The molecule has 12 nitrogen and oxygen atoms in total. The Hall–Kier alpha value is -5.91. The predicted octanol–water partition coefficient (Wildman–Crippen LogP) is 12.4. The molecule has 0 aliphatic heterocycles. The minimum absolute atomic E-state index is 0.0153. The van der Waals surface area contributed by atoms with Crippen molar-refractivity contribution < 1.29 is 57.0 Å². The summed E-state index contributed by atoms with van der Waals surface area (Å²) in [6.45, 7) is 23.6. The lowest BCUT2D eigenvalue weighted by atomic mass is 9.91. The zero-order valence-corrected chi connectivity index (χ0v) is 38.1. The lowest BCUT2D eigenvalue weighted by Crippen LogP contribution is -2.27. The summed E-state index contributed by atoms with van der Waals surface area (Å²) < 4.78 is 57.8. The van der Waals surface area contributed by atoms with E-state index in [0.717, 1.165) is 85.8 Å². The van der Waals surface area contributed by atoms with Crippen molar-refractivity contribution in [3.8, 4) is 34.5 Å². The molecule has 3 atom stereocenters. The molecule has 0 aliphatic rings.